The van der Waals surface area contributed by atoms with Crippen molar-refractivity contribution in [1.82, 2.24) is 10.0 Å². The van der Waals surface area contributed by atoms with Gasteiger partial charge in [0.05, 0.1) is 6.26 Å². The zero-order chi connectivity index (χ0) is 14.2. The molecule has 0 heterocycles. The van der Waals surface area contributed by atoms with Gasteiger partial charge in [-0.3, -0.25) is 0 Å². The molecule has 18 heavy (non-hydrogen) atoms. The first-order valence-electron chi connectivity index (χ1n) is 6.63. The fourth-order valence-corrected chi connectivity index (χ4v) is 4.17. The Balaban J connectivity index is 2.51. The van der Waals surface area contributed by atoms with Crippen LogP contribution in [0.5, 0.6) is 0 Å². The molecule has 0 aromatic rings. The molecule has 1 aliphatic rings. The molecule has 2 unspecified atom stereocenters. The van der Waals surface area contributed by atoms with E-state index < -0.39 is 15.6 Å². The molecule has 1 fully saturated rings. The Kier molecular flexibility index (Phi) is 4.51. The third-order valence-electron chi connectivity index (χ3n) is 3.60. The highest BCUT2D eigenvalue weighted by atomic mass is 32.2. The Labute approximate surface area is 112 Å². The summed E-state index contributed by atoms with van der Waals surface area (Å²) in [5.41, 5.74) is -0.0501. The van der Waals surface area contributed by atoms with E-state index in [2.05, 4.69) is 30.8 Å². The van der Waals surface area contributed by atoms with E-state index in [4.69, 9.17) is 0 Å². The molecule has 0 saturated heterocycles. The molecule has 0 bridgehead atoms. The Morgan fingerprint density at radius 1 is 1.28 bits per heavy atom. The quantitative estimate of drug-likeness (QED) is 0.804. The van der Waals surface area contributed by atoms with Crippen molar-refractivity contribution in [2.75, 3.05) is 12.8 Å². The maximum Gasteiger partial charge on any atom is 0.209 e. The van der Waals surface area contributed by atoms with Gasteiger partial charge in [-0.15, -0.1) is 0 Å². The lowest BCUT2D eigenvalue weighted by molar-refractivity contribution is 0.343. The van der Waals surface area contributed by atoms with Crippen molar-refractivity contribution in [3.63, 3.8) is 0 Å². The van der Waals surface area contributed by atoms with E-state index in [-0.39, 0.29) is 0 Å². The molecule has 5 heteroatoms. The second kappa shape index (κ2) is 5.10. The maximum atomic E-state index is 11.3. The molecule has 2 N–H and O–H groups in total. The Morgan fingerprint density at radius 3 is 2.22 bits per heavy atom. The van der Waals surface area contributed by atoms with Crippen LogP contribution in [-0.2, 0) is 10.0 Å². The average Bonchev–Trinajstić information content (AvgIpc) is 2.32. The van der Waals surface area contributed by atoms with Gasteiger partial charge in [-0.25, -0.2) is 13.1 Å². The van der Waals surface area contributed by atoms with Crippen molar-refractivity contribution >= 4 is 10.0 Å². The highest BCUT2D eigenvalue weighted by Gasteiger charge is 2.37. The predicted octanol–water partition coefficient (Wildman–Crippen LogP) is 1.73. The average molecular weight is 276 g/mol. The molecule has 0 amide bonds. The van der Waals surface area contributed by atoms with Gasteiger partial charge >= 0.3 is 0 Å². The zero-order valence-electron chi connectivity index (χ0n) is 12.5. The van der Waals surface area contributed by atoms with Gasteiger partial charge in [0, 0.05) is 18.1 Å². The van der Waals surface area contributed by atoms with Crippen LogP contribution in [-0.4, -0.2) is 32.8 Å². The molecule has 0 radical (unpaired) electrons. The summed E-state index contributed by atoms with van der Waals surface area (Å²) in [6.07, 6.45) is 3.59. The molecule has 0 spiro atoms. The smallest absolute Gasteiger partial charge is 0.209 e. The van der Waals surface area contributed by atoms with Crippen molar-refractivity contribution < 1.29 is 8.42 Å². The minimum Gasteiger partial charge on any atom is -0.312 e. The van der Waals surface area contributed by atoms with Gasteiger partial charge in [-0.1, -0.05) is 20.8 Å². The van der Waals surface area contributed by atoms with Gasteiger partial charge in [0.2, 0.25) is 10.0 Å². The van der Waals surface area contributed by atoms with Crippen molar-refractivity contribution in [3.05, 3.63) is 0 Å². The van der Waals surface area contributed by atoms with Crippen molar-refractivity contribution in [1.29, 1.82) is 0 Å². The van der Waals surface area contributed by atoms with Crippen LogP contribution >= 0.6 is 0 Å². The van der Waals surface area contributed by atoms with Crippen LogP contribution in [0.25, 0.3) is 0 Å². The van der Waals surface area contributed by atoms with Crippen molar-refractivity contribution in [2.24, 2.45) is 11.3 Å². The Bertz CT molecular complexity index is 388. The Morgan fingerprint density at radius 2 is 1.83 bits per heavy atom. The number of rotatable bonds is 5. The van der Waals surface area contributed by atoms with E-state index >= 15 is 0 Å². The van der Waals surface area contributed by atoms with Crippen LogP contribution in [0.2, 0.25) is 0 Å². The summed E-state index contributed by atoms with van der Waals surface area (Å²) in [7, 11) is -3.15. The molecule has 4 nitrogen and oxygen atoms in total. The summed E-state index contributed by atoms with van der Waals surface area (Å²) in [6.45, 7) is 11.3. The van der Waals surface area contributed by atoms with Gasteiger partial charge in [-0.05, 0) is 38.0 Å². The lowest BCUT2D eigenvalue weighted by atomic mass is 9.91. The van der Waals surface area contributed by atoms with Crippen LogP contribution < -0.4 is 10.0 Å². The van der Waals surface area contributed by atoms with Crippen molar-refractivity contribution in [3.8, 4) is 0 Å². The molecule has 0 aromatic heterocycles. The van der Waals surface area contributed by atoms with E-state index in [0.29, 0.717) is 23.9 Å². The lowest BCUT2D eigenvalue weighted by Crippen LogP contribution is -2.52. The maximum absolute atomic E-state index is 11.3. The number of sulfonamides is 1. The van der Waals surface area contributed by atoms with Crippen LogP contribution in [0.1, 0.15) is 47.5 Å². The molecular formula is C13H28N2O2S. The topological polar surface area (TPSA) is 58.2 Å². The number of hydrogen-bond donors (Lipinski definition) is 2. The van der Waals surface area contributed by atoms with Crippen LogP contribution in [0.4, 0.5) is 0 Å². The summed E-state index contributed by atoms with van der Waals surface area (Å²) in [4.78, 5) is 0. The highest BCUT2D eigenvalue weighted by molar-refractivity contribution is 7.88. The number of nitrogens with one attached hydrogen (secondary N) is 2. The SMILES string of the molecule is CC1CC(C)(C)CC1NCC(C)(C)NS(C)(=O)=O. The largest absolute Gasteiger partial charge is 0.312 e. The van der Waals surface area contributed by atoms with Crippen molar-refractivity contribution in [2.45, 2.75) is 59.0 Å². The third-order valence-corrected chi connectivity index (χ3v) is 4.53. The molecule has 2 atom stereocenters. The molecule has 1 saturated carbocycles. The van der Waals surface area contributed by atoms with E-state index in [1.54, 1.807) is 0 Å². The first kappa shape index (κ1) is 15.9. The Hall–Kier alpha value is -0.130. The fraction of sp³-hybridized carbons (Fsp3) is 1.00. The summed E-state index contributed by atoms with van der Waals surface area (Å²) >= 11 is 0. The van der Waals surface area contributed by atoms with E-state index in [1.165, 1.54) is 12.7 Å². The van der Waals surface area contributed by atoms with Gasteiger partial charge in [0.1, 0.15) is 0 Å². The second-order valence-corrected chi connectivity index (χ2v) is 9.04. The van der Waals surface area contributed by atoms with Crippen LogP contribution in [0, 0.1) is 11.3 Å². The minimum absolute atomic E-state index is 0.394. The normalized spacial score (nSPS) is 28.6. The van der Waals surface area contributed by atoms with Crippen LogP contribution in [0.3, 0.4) is 0 Å². The molecular weight excluding hydrogens is 248 g/mol. The summed E-state index contributed by atoms with van der Waals surface area (Å²) in [6, 6.07) is 0.487. The van der Waals surface area contributed by atoms with Gasteiger partial charge in [0.25, 0.3) is 0 Å². The second-order valence-electron chi connectivity index (χ2n) is 7.30. The number of hydrogen-bond acceptors (Lipinski definition) is 3. The minimum atomic E-state index is -3.15. The van der Waals surface area contributed by atoms with E-state index in [9.17, 15) is 8.42 Å². The van der Waals surface area contributed by atoms with Gasteiger partial charge in [0.15, 0.2) is 0 Å². The van der Waals surface area contributed by atoms with E-state index in [0.717, 1.165) is 6.42 Å². The molecule has 1 aliphatic carbocycles. The zero-order valence-corrected chi connectivity index (χ0v) is 13.3. The van der Waals surface area contributed by atoms with Gasteiger partial charge in [-0.2, -0.15) is 0 Å². The summed E-state index contributed by atoms with van der Waals surface area (Å²) in [5, 5.41) is 3.52. The lowest BCUT2D eigenvalue weighted by Gasteiger charge is -2.29. The predicted molar refractivity (Wildman–Crippen MR) is 76.0 cm³/mol. The van der Waals surface area contributed by atoms with E-state index in [1.807, 2.05) is 13.8 Å². The first-order chi connectivity index (χ1) is 7.90. The highest BCUT2D eigenvalue weighted by Crippen LogP contribution is 2.40. The molecule has 0 aliphatic heterocycles. The standard InChI is InChI=1S/C13H28N2O2S/c1-10-7-12(2,3)8-11(10)14-9-13(4,5)15-18(6,16)17/h10-11,14-15H,7-9H2,1-6H3. The fourth-order valence-electron chi connectivity index (χ4n) is 3.09. The summed E-state index contributed by atoms with van der Waals surface area (Å²) in [5.74, 6) is 0.647. The molecule has 0 aromatic carbocycles. The van der Waals surface area contributed by atoms with Crippen LogP contribution in [0.15, 0.2) is 0 Å². The van der Waals surface area contributed by atoms with Gasteiger partial charge < -0.3 is 5.32 Å². The monoisotopic (exact) mass is 276 g/mol. The summed E-state index contributed by atoms with van der Waals surface area (Å²) < 4.78 is 25.2. The first-order valence-corrected chi connectivity index (χ1v) is 8.52. The molecule has 1 rings (SSSR count). The molecule has 108 valence electrons. The third kappa shape index (κ3) is 5.24.